The van der Waals surface area contributed by atoms with E-state index >= 15 is 0 Å². The number of hydrogen-bond acceptors (Lipinski definition) is 8. The first-order valence-corrected chi connectivity index (χ1v) is 8.99. The van der Waals surface area contributed by atoms with Crippen LogP contribution in [0.25, 0.3) is 41.8 Å². The quantitative estimate of drug-likeness (QED) is 0.109. The Morgan fingerprint density at radius 2 is 0.900 bits per heavy atom. The first kappa shape index (κ1) is 26.2. The van der Waals surface area contributed by atoms with E-state index in [1.54, 1.807) is 0 Å². The minimum Gasteiger partial charge on any atom is -0.462 e. The van der Waals surface area contributed by atoms with Gasteiger partial charge in [-0.15, -0.1) is 0 Å². The zero-order chi connectivity index (χ0) is 22.5. The van der Waals surface area contributed by atoms with Gasteiger partial charge in [0.05, 0.1) is 26.2 Å². The number of carbonyl (C=O) groups excluding carboxylic acids is 2. The lowest BCUT2D eigenvalue weighted by molar-refractivity contribution is -0.149. The van der Waals surface area contributed by atoms with Crippen LogP contribution >= 0.6 is 0 Å². The number of azide groups is 4. The number of rotatable bonds is 17. The zero-order valence-corrected chi connectivity index (χ0v) is 16.2. The van der Waals surface area contributed by atoms with Crippen molar-refractivity contribution in [1.29, 1.82) is 0 Å². The average Bonchev–Trinajstić information content (AvgIpc) is 2.74. The van der Waals surface area contributed by atoms with Gasteiger partial charge in [-0.2, -0.15) is 0 Å². The maximum absolute atomic E-state index is 11.8. The molecule has 0 rings (SSSR count). The largest absolute Gasteiger partial charge is 0.462 e. The number of nitrogens with zero attached hydrogens (tertiary/aromatic N) is 12. The first-order chi connectivity index (χ1) is 14.6. The highest BCUT2D eigenvalue weighted by Gasteiger charge is 2.14. The maximum Gasteiger partial charge on any atom is 0.306 e. The van der Waals surface area contributed by atoms with E-state index in [2.05, 4.69) is 40.1 Å². The molecular formula is C14H22N12O4. The van der Waals surface area contributed by atoms with Gasteiger partial charge in [-0.25, -0.2) is 0 Å². The molecule has 0 aromatic heterocycles. The van der Waals surface area contributed by atoms with Crippen LogP contribution in [0.15, 0.2) is 20.5 Å². The van der Waals surface area contributed by atoms with E-state index in [4.69, 9.17) is 31.6 Å². The summed E-state index contributed by atoms with van der Waals surface area (Å²) in [6.07, 6.45) is 1.05. The molecule has 16 nitrogen and oxygen atoms in total. The van der Waals surface area contributed by atoms with Crippen LogP contribution in [0, 0.1) is 0 Å². The van der Waals surface area contributed by atoms with Crippen molar-refractivity contribution in [3.8, 4) is 0 Å². The molecule has 0 aliphatic carbocycles. The molecule has 0 aromatic rings. The van der Waals surface area contributed by atoms with E-state index in [1.165, 1.54) is 0 Å². The van der Waals surface area contributed by atoms with E-state index in [0.29, 0.717) is 25.7 Å². The van der Waals surface area contributed by atoms with Gasteiger partial charge in [0.1, 0.15) is 12.2 Å². The van der Waals surface area contributed by atoms with Crippen molar-refractivity contribution in [2.24, 2.45) is 20.5 Å². The molecule has 0 bridgehead atoms. The molecule has 162 valence electrons. The van der Waals surface area contributed by atoms with E-state index in [9.17, 15) is 9.59 Å². The van der Waals surface area contributed by atoms with Crippen LogP contribution in [-0.4, -0.2) is 50.3 Å². The van der Waals surface area contributed by atoms with Crippen molar-refractivity contribution in [2.45, 2.75) is 50.7 Å². The maximum atomic E-state index is 11.8. The molecule has 0 radical (unpaired) electrons. The summed E-state index contributed by atoms with van der Waals surface area (Å²) < 4.78 is 10.2. The molecule has 30 heavy (non-hydrogen) atoms. The third-order valence-corrected chi connectivity index (χ3v) is 3.50. The predicted octanol–water partition coefficient (Wildman–Crippen LogP) is 4.39. The fourth-order valence-electron chi connectivity index (χ4n) is 2.16. The minimum atomic E-state index is -0.803. The lowest BCUT2D eigenvalue weighted by Gasteiger charge is -2.14. The van der Waals surface area contributed by atoms with Crippen molar-refractivity contribution in [3.63, 3.8) is 0 Å². The highest BCUT2D eigenvalue weighted by Crippen LogP contribution is 2.09. The van der Waals surface area contributed by atoms with Crippen molar-refractivity contribution in [1.82, 2.24) is 0 Å². The number of unbranched alkanes of at least 4 members (excludes halogenated alkanes) is 3. The van der Waals surface area contributed by atoms with Crippen LogP contribution < -0.4 is 0 Å². The number of esters is 2. The highest BCUT2D eigenvalue weighted by atomic mass is 16.5. The summed E-state index contributed by atoms with van der Waals surface area (Å²) in [5.74, 6) is -1.00. The summed E-state index contributed by atoms with van der Waals surface area (Å²) in [6, 6.07) is 0. The van der Waals surface area contributed by atoms with Gasteiger partial charge in [0.15, 0.2) is 0 Å². The van der Waals surface area contributed by atoms with E-state index in [0.717, 1.165) is 0 Å². The second-order valence-corrected chi connectivity index (χ2v) is 5.79. The van der Waals surface area contributed by atoms with Crippen LogP contribution in [0.4, 0.5) is 0 Å². The van der Waals surface area contributed by atoms with Crippen molar-refractivity contribution in [3.05, 3.63) is 41.8 Å². The molecule has 0 atom stereocenters. The van der Waals surface area contributed by atoms with Crippen LogP contribution in [0.5, 0.6) is 0 Å². The summed E-state index contributed by atoms with van der Waals surface area (Å²) in [5, 5.41) is 13.2. The summed E-state index contributed by atoms with van der Waals surface area (Å²) in [7, 11) is 0. The van der Waals surface area contributed by atoms with Gasteiger partial charge in [-0.3, -0.25) is 9.59 Å². The van der Waals surface area contributed by atoms with E-state index in [1.807, 2.05) is 0 Å². The Bertz CT molecular complexity index is 631. The van der Waals surface area contributed by atoms with Crippen molar-refractivity contribution < 1.29 is 19.1 Å². The molecule has 0 unspecified atom stereocenters. The van der Waals surface area contributed by atoms with Gasteiger partial charge < -0.3 is 9.47 Å². The molecule has 0 aliphatic heterocycles. The lowest BCUT2D eigenvalue weighted by atomic mass is 10.1. The van der Waals surface area contributed by atoms with Gasteiger partial charge in [0.25, 0.3) is 0 Å². The summed E-state index contributed by atoms with van der Waals surface area (Å²) >= 11 is 0. The van der Waals surface area contributed by atoms with Gasteiger partial charge >= 0.3 is 11.9 Å². The second kappa shape index (κ2) is 18.5. The monoisotopic (exact) mass is 422 g/mol. The third-order valence-electron chi connectivity index (χ3n) is 3.50. The number of hydrogen-bond donors (Lipinski definition) is 0. The molecule has 0 aromatic carbocycles. The average molecular weight is 422 g/mol. The molecule has 0 heterocycles. The molecule has 0 spiro atoms. The Hall–Kier alpha value is -3.82. The normalized spacial score (nSPS) is 11.3. The Kier molecular flexibility index (Phi) is 16.2. The Labute approximate surface area is 171 Å². The molecule has 16 heteroatoms. The van der Waals surface area contributed by atoms with Crippen LogP contribution in [0.3, 0.4) is 0 Å². The minimum absolute atomic E-state index is 0.121. The van der Waals surface area contributed by atoms with Gasteiger partial charge in [0.2, 0.25) is 0 Å². The molecule has 0 fully saturated rings. The first-order valence-electron chi connectivity index (χ1n) is 8.99. The van der Waals surface area contributed by atoms with Crippen molar-refractivity contribution in [2.75, 3.05) is 26.2 Å². The fourth-order valence-corrected chi connectivity index (χ4v) is 2.16. The van der Waals surface area contributed by atoms with E-state index in [-0.39, 0.29) is 39.0 Å². The lowest BCUT2D eigenvalue weighted by Crippen LogP contribution is -2.24. The summed E-state index contributed by atoms with van der Waals surface area (Å²) in [4.78, 5) is 33.8. The topological polar surface area (TPSA) is 248 Å². The Morgan fingerprint density at radius 1 is 0.600 bits per heavy atom. The Morgan fingerprint density at radius 3 is 1.17 bits per heavy atom. The third kappa shape index (κ3) is 15.3. The number of ether oxygens (including phenoxy) is 2. The molecule has 0 N–H and O–H groups in total. The van der Waals surface area contributed by atoms with Gasteiger partial charge in [0, 0.05) is 32.5 Å². The summed E-state index contributed by atoms with van der Waals surface area (Å²) in [5.41, 5.74) is 33.2. The summed E-state index contributed by atoms with van der Waals surface area (Å²) in [6.45, 7) is -0.485. The van der Waals surface area contributed by atoms with Gasteiger partial charge in [-0.05, 0) is 35.0 Å². The fraction of sp³-hybridized carbons (Fsp3) is 0.857. The SMILES string of the molecule is [N-]=[N+]=NCC(CN=[N+]=[N-])OC(=O)CCCCCCC(=O)OC(CN=[N+]=[N-])CN=[N+]=[N-]. The molecule has 0 saturated carbocycles. The van der Waals surface area contributed by atoms with Crippen LogP contribution in [0.2, 0.25) is 0 Å². The molecule has 0 saturated heterocycles. The second-order valence-electron chi connectivity index (χ2n) is 5.79. The number of carbonyl (C=O) groups is 2. The zero-order valence-electron chi connectivity index (χ0n) is 16.2. The van der Waals surface area contributed by atoms with E-state index < -0.39 is 24.1 Å². The highest BCUT2D eigenvalue weighted by molar-refractivity contribution is 5.70. The predicted molar refractivity (Wildman–Crippen MR) is 104 cm³/mol. The molecule has 0 aliphatic rings. The molecular weight excluding hydrogens is 400 g/mol. The molecule has 0 amide bonds. The Balaban J connectivity index is 4.07. The standard InChI is InChI=1S/C14H22N12O4/c15-23-19-7-11(8-20-24-16)29-13(27)5-3-1-2-4-6-14(28)30-12(9-21-25-17)10-22-26-18/h11-12H,1-10H2. The van der Waals surface area contributed by atoms with Gasteiger partial charge in [-0.1, -0.05) is 33.3 Å². The van der Waals surface area contributed by atoms with Crippen molar-refractivity contribution >= 4 is 11.9 Å². The van der Waals surface area contributed by atoms with Crippen LogP contribution in [0.1, 0.15) is 38.5 Å². The smallest absolute Gasteiger partial charge is 0.306 e. The van der Waals surface area contributed by atoms with Crippen LogP contribution in [-0.2, 0) is 19.1 Å².